The fourth-order valence-corrected chi connectivity index (χ4v) is 2.92. The summed E-state index contributed by atoms with van der Waals surface area (Å²) in [6, 6.07) is 3.51. The van der Waals surface area contributed by atoms with Crippen molar-refractivity contribution in [3.8, 4) is 11.4 Å². The molecule has 0 atom stereocenters. The number of nitrogens with two attached hydrogens (primary N) is 1. The standard InChI is InChI=1S/C13H11F3N4S/c1-6-10(11(17)21-19-6)12-18-8-5-7(13(14,15)16)3-4-9(8)20(12)2/h3-5H,17H2,1-2H3. The summed E-state index contributed by atoms with van der Waals surface area (Å²) >= 11 is 1.15. The summed E-state index contributed by atoms with van der Waals surface area (Å²) in [6.07, 6.45) is -4.38. The van der Waals surface area contributed by atoms with Crippen LogP contribution in [0.25, 0.3) is 22.4 Å². The zero-order chi connectivity index (χ0) is 15.4. The Bertz CT molecular complexity index is 812. The zero-order valence-electron chi connectivity index (χ0n) is 11.2. The van der Waals surface area contributed by atoms with Crippen molar-refractivity contribution in [2.45, 2.75) is 13.1 Å². The highest BCUT2D eigenvalue weighted by molar-refractivity contribution is 7.10. The van der Waals surface area contributed by atoms with E-state index in [-0.39, 0.29) is 5.52 Å². The minimum absolute atomic E-state index is 0.285. The third kappa shape index (κ3) is 2.15. The number of halogens is 3. The van der Waals surface area contributed by atoms with Crippen molar-refractivity contribution in [1.29, 1.82) is 0 Å². The number of benzene rings is 1. The van der Waals surface area contributed by atoms with Crippen molar-refractivity contribution < 1.29 is 13.2 Å². The van der Waals surface area contributed by atoms with Gasteiger partial charge in [-0.25, -0.2) is 4.98 Å². The predicted molar refractivity (Wildman–Crippen MR) is 76.0 cm³/mol. The quantitative estimate of drug-likeness (QED) is 0.747. The molecule has 0 aliphatic rings. The second-order valence-electron chi connectivity index (χ2n) is 4.70. The molecule has 0 radical (unpaired) electrons. The third-order valence-corrected chi connectivity index (χ3v) is 4.09. The number of aryl methyl sites for hydroxylation is 2. The number of hydrogen-bond acceptors (Lipinski definition) is 4. The molecule has 0 bridgehead atoms. The topological polar surface area (TPSA) is 56.7 Å². The van der Waals surface area contributed by atoms with E-state index in [0.29, 0.717) is 27.6 Å². The van der Waals surface area contributed by atoms with E-state index in [1.807, 2.05) is 0 Å². The highest BCUT2D eigenvalue weighted by Gasteiger charge is 2.31. The van der Waals surface area contributed by atoms with Crippen LogP contribution in [0, 0.1) is 6.92 Å². The maximum absolute atomic E-state index is 12.8. The van der Waals surface area contributed by atoms with E-state index < -0.39 is 11.7 Å². The lowest BCUT2D eigenvalue weighted by Crippen LogP contribution is -2.04. The van der Waals surface area contributed by atoms with Gasteiger partial charge in [-0.05, 0) is 36.7 Å². The highest BCUT2D eigenvalue weighted by atomic mass is 32.1. The Balaban J connectivity index is 2.25. The summed E-state index contributed by atoms with van der Waals surface area (Å²) in [5.74, 6) is 0.521. The van der Waals surface area contributed by atoms with Gasteiger partial charge in [-0.1, -0.05) is 0 Å². The number of imidazole rings is 1. The van der Waals surface area contributed by atoms with E-state index in [0.717, 1.165) is 23.7 Å². The maximum Gasteiger partial charge on any atom is 0.416 e. The van der Waals surface area contributed by atoms with Gasteiger partial charge in [0.2, 0.25) is 0 Å². The molecule has 4 nitrogen and oxygen atoms in total. The summed E-state index contributed by atoms with van der Waals surface area (Å²) < 4.78 is 44.2. The van der Waals surface area contributed by atoms with E-state index >= 15 is 0 Å². The summed E-state index contributed by atoms with van der Waals surface area (Å²) in [7, 11) is 1.74. The Hall–Kier alpha value is -2.09. The molecule has 8 heteroatoms. The lowest BCUT2D eigenvalue weighted by atomic mass is 10.2. The van der Waals surface area contributed by atoms with Gasteiger partial charge in [0.15, 0.2) is 0 Å². The molecule has 3 aromatic rings. The van der Waals surface area contributed by atoms with Crippen LogP contribution in [0.15, 0.2) is 18.2 Å². The number of nitrogen functional groups attached to an aromatic ring is 1. The van der Waals surface area contributed by atoms with Crippen molar-refractivity contribution in [3.05, 3.63) is 29.5 Å². The van der Waals surface area contributed by atoms with Crippen molar-refractivity contribution in [1.82, 2.24) is 13.9 Å². The summed E-state index contributed by atoms with van der Waals surface area (Å²) in [5, 5.41) is 0.502. The number of hydrogen-bond donors (Lipinski definition) is 1. The van der Waals surface area contributed by atoms with E-state index in [1.54, 1.807) is 18.5 Å². The number of rotatable bonds is 1. The molecular weight excluding hydrogens is 301 g/mol. The summed E-state index contributed by atoms with van der Waals surface area (Å²) in [4.78, 5) is 4.30. The minimum atomic E-state index is -4.38. The van der Waals surface area contributed by atoms with E-state index in [9.17, 15) is 13.2 Å². The van der Waals surface area contributed by atoms with Gasteiger partial charge in [0.25, 0.3) is 0 Å². The van der Waals surface area contributed by atoms with Gasteiger partial charge in [-0.2, -0.15) is 17.5 Å². The van der Waals surface area contributed by atoms with Crippen LogP contribution in [-0.2, 0) is 13.2 Å². The molecule has 0 saturated carbocycles. The molecular formula is C13H11F3N4S. The highest BCUT2D eigenvalue weighted by Crippen LogP contribution is 2.35. The average Bonchev–Trinajstić information content (AvgIpc) is 2.89. The third-order valence-electron chi connectivity index (χ3n) is 3.32. The van der Waals surface area contributed by atoms with E-state index in [1.165, 1.54) is 6.07 Å². The van der Waals surface area contributed by atoms with Gasteiger partial charge in [-0.3, -0.25) is 0 Å². The lowest BCUT2D eigenvalue weighted by molar-refractivity contribution is -0.137. The SMILES string of the molecule is Cc1nsc(N)c1-c1nc2cc(C(F)(F)F)ccc2n1C. The smallest absolute Gasteiger partial charge is 0.389 e. The molecule has 0 unspecified atom stereocenters. The van der Waals surface area contributed by atoms with Crippen LogP contribution in [0.1, 0.15) is 11.3 Å². The molecule has 0 spiro atoms. The predicted octanol–water partition coefficient (Wildman–Crippen LogP) is 3.61. The molecule has 2 aromatic heterocycles. The number of aromatic nitrogens is 3. The van der Waals surface area contributed by atoms with Crippen LogP contribution in [-0.4, -0.2) is 13.9 Å². The van der Waals surface area contributed by atoms with E-state index in [2.05, 4.69) is 9.36 Å². The van der Waals surface area contributed by atoms with Crippen LogP contribution in [0.4, 0.5) is 18.2 Å². The van der Waals surface area contributed by atoms with Crippen LogP contribution >= 0.6 is 11.5 Å². The van der Waals surface area contributed by atoms with E-state index in [4.69, 9.17) is 5.73 Å². The van der Waals surface area contributed by atoms with Gasteiger partial charge in [0.05, 0.1) is 27.9 Å². The Morgan fingerprint density at radius 1 is 1.29 bits per heavy atom. The fourth-order valence-electron chi connectivity index (χ4n) is 2.26. The molecule has 2 heterocycles. The van der Waals surface area contributed by atoms with Gasteiger partial charge >= 0.3 is 6.18 Å². The van der Waals surface area contributed by atoms with Gasteiger partial charge in [-0.15, -0.1) is 0 Å². The first kappa shape index (κ1) is 13.9. The number of alkyl halides is 3. The molecule has 0 amide bonds. The summed E-state index contributed by atoms with van der Waals surface area (Å²) in [6.45, 7) is 1.79. The largest absolute Gasteiger partial charge is 0.416 e. The molecule has 0 aliphatic carbocycles. The lowest BCUT2D eigenvalue weighted by Gasteiger charge is -2.06. The van der Waals surface area contributed by atoms with Crippen LogP contribution < -0.4 is 5.73 Å². The second kappa shape index (κ2) is 4.45. The zero-order valence-corrected chi connectivity index (χ0v) is 12.0. The van der Waals surface area contributed by atoms with Crippen LogP contribution in [0.2, 0.25) is 0 Å². The number of nitrogens with zero attached hydrogens (tertiary/aromatic N) is 3. The van der Waals surface area contributed by atoms with Crippen molar-refractivity contribution in [2.75, 3.05) is 5.73 Å². The Kier molecular flexibility index (Phi) is 2.94. The van der Waals surface area contributed by atoms with Crippen molar-refractivity contribution in [2.24, 2.45) is 7.05 Å². The van der Waals surface area contributed by atoms with Crippen molar-refractivity contribution in [3.63, 3.8) is 0 Å². The molecule has 0 saturated heterocycles. The summed E-state index contributed by atoms with van der Waals surface area (Å²) in [5.41, 5.74) is 7.46. The molecule has 21 heavy (non-hydrogen) atoms. The molecule has 2 N–H and O–H groups in total. The number of fused-ring (bicyclic) bond motifs is 1. The minimum Gasteiger partial charge on any atom is -0.389 e. The fraction of sp³-hybridized carbons (Fsp3) is 0.231. The Labute approximate surface area is 122 Å². The van der Waals surface area contributed by atoms with Gasteiger partial charge in [0, 0.05) is 7.05 Å². The Morgan fingerprint density at radius 3 is 2.57 bits per heavy atom. The molecule has 1 aromatic carbocycles. The Morgan fingerprint density at radius 2 is 2.00 bits per heavy atom. The monoisotopic (exact) mass is 312 g/mol. The molecule has 0 aliphatic heterocycles. The molecule has 0 fully saturated rings. The van der Waals surface area contributed by atoms with Gasteiger partial charge in [0.1, 0.15) is 10.8 Å². The second-order valence-corrected chi connectivity index (χ2v) is 5.51. The maximum atomic E-state index is 12.8. The average molecular weight is 312 g/mol. The normalized spacial score (nSPS) is 12.2. The first-order valence-electron chi connectivity index (χ1n) is 6.05. The van der Waals surface area contributed by atoms with Crippen molar-refractivity contribution >= 4 is 27.6 Å². The van der Waals surface area contributed by atoms with Gasteiger partial charge < -0.3 is 10.3 Å². The molecule has 3 rings (SSSR count). The number of anilines is 1. The first-order valence-corrected chi connectivity index (χ1v) is 6.82. The molecule has 110 valence electrons. The van der Waals surface area contributed by atoms with Crippen LogP contribution in [0.3, 0.4) is 0 Å². The first-order chi connectivity index (χ1) is 9.79. The van der Waals surface area contributed by atoms with Crippen LogP contribution in [0.5, 0.6) is 0 Å².